The van der Waals surface area contributed by atoms with Crippen LogP contribution in [0.3, 0.4) is 0 Å². The third-order valence-corrected chi connectivity index (χ3v) is 7.14. The van der Waals surface area contributed by atoms with Gasteiger partial charge in [-0.2, -0.15) is 0 Å². The van der Waals surface area contributed by atoms with E-state index in [1.54, 1.807) is 79.8 Å². The number of carbonyl (C=O) groups excluding carboxylic acids is 2. The third-order valence-electron chi connectivity index (χ3n) is 7.14. The van der Waals surface area contributed by atoms with Crippen molar-refractivity contribution in [3.05, 3.63) is 84.7 Å². The van der Waals surface area contributed by atoms with Gasteiger partial charge in [-0.1, -0.05) is 19.3 Å². The van der Waals surface area contributed by atoms with E-state index in [9.17, 15) is 9.59 Å². The summed E-state index contributed by atoms with van der Waals surface area (Å²) in [5, 5.41) is 14.3. The van der Waals surface area contributed by atoms with E-state index in [4.69, 9.17) is 9.47 Å². The lowest BCUT2D eigenvalue weighted by atomic mass is 9.78. The minimum Gasteiger partial charge on any atom is -0.497 e. The second-order valence-corrected chi connectivity index (χ2v) is 9.41. The van der Waals surface area contributed by atoms with Crippen LogP contribution in [-0.4, -0.2) is 51.8 Å². The van der Waals surface area contributed by atoms with Gasteiger partial charge < -0.3 is 14.8 Å². The van der Waals surface area contributed by atoms with Gasteiger partial charge in [-0.05, 0) is 96.1 Å². The molecule has 0 atom stereocenters. The second kappa shape index (κ2) is 11.3. The van der Waals surface area contributed by atoms with Crippen molar-refractivity contribution in [3.8, 4) is 17.2 Å². The lowest BCUT2D eigenvalue weighted by Crippen LogP contribution is -2.60. The summed E-state index contributed by atoms with van der Waals surface area (Å²) in [7, 11) is 3.19. The number of tetrazole rings is 1. The Kier molecular flexibility index (Phi) is 7.53. The molecular weight excluding hydrogens is 496 g/mol. The second-order valence-electron chi connectivity index (χ2n) is 9.41. The van der Waals surface area contributed by atoms with Gasteiger partial charge in [0, 0.05) is 16.9 Å². The molecule has 0 unspecified atom stereocenters. The number of benzene rings is 3. The fraction of sp³-hybridized carbons (Fsp3) is 0.276. The molecule has 39 heavy (non-hydrogen) atoms. The normalized spacial score (nSPS) is 14.3. The van der Waals surface area contributed by atoms with Crippen LogP contribution in [0, 0.1) is 0 Å². The molecule has 10 heteroatoms. The molecule has 0 spiro atoms. The third kappa shape index (κ3) is 5.31. The Morgan fingerprint density at radius 3 is 2.03 bits per heavy atom. The van der Waals surface area contributed by atoms with E-state index < -0.39 is 5.54 Å². The van der Waals surface area contributed by atoms with E-state index in [-0.39, 0.29) is 11.8 Å². The highest BCUT2D eigenvalue weighted by Gasteiger charge is 2.48. The number of rotatable bonds is 8. The van der Waals surface area contributed by atoms with Crippen LogP contribution < -0.4 is 19.7 Å². The number of amides is 2. The molecule has 2 amide bonds. The number of nitrogens with zero attached hydrogens (tertiary/aromatic N) is 5. The van der Waals surface area contributed by atoms with Gasteiger partial charge in [-0.15, -0.1) is 5.10 Å². The summed E-state index contributed by atoms with van der Waals surface area (Å²) >= 11 is 0. The summed E-state index contributed by atoms with van der Waals surface area (Å²) in [4.78, 5) is 30.1. The summed E-state index contributed by atoms with van der Waals surface area (Å²) in [5.74, 6) is 0.870. The minimum absolute atomic E-state index is 0.221. The smallest absolute Gasteiger partial charge is 0.259 e. The maximum Gasteiger partial charge on any atom is 0.259 e. The van der Waals surface area contributed by atoms with Crippen molar-refractivity contribution >= 4 is 23.2 Å². The summed E-state index contributed by atoms with van der Waals surface area (Å²) in [6.07, 6.45) is 5.22. The van der Waals surface area contributed by atoms with Gasteiger partial charge in [-0.25, -0.2) is 4.68 Å². The van der Waals surface area contributed by atoms with Gasteiger partial charge in [0.05, 0.1) is 19.9 Å². The molecule has 1 aliphatic rings. The van der Waals surface area contributed by atoms with Crippen molar-refractivity contribution in [1.82, 2.24) is 20.2 Å². The number of methoxy groups -OCH3 is 2. The maximum absolute atomic E-state index is 14.3. The van der Waals surface area contributed by atoms with E-state index >= 15 is 0 Å². The van der Waals surface area contributed by atoms with Gasteiger partial charge >= 0.3 is 0 Å². The summed E-state index contributed by atoms with van der Waals surface area (Å²) in [6.45, 7) is 0. The zero-order valence-corrected chi connectivity index (χ0v) is 21.9. The van der Waals surface area contributed by atoms with E-state index in [2.05, 4.69) is 20.8 Å². The lowest BCUT2D eigenvalue weighted by Gasteiger charge is -2.45. The molecule has 1 aromatic heterocycles. The SMILES string of the molecule is COc1ccc(NC(=O)C2(N(C(=O)c3ccc(-n4cnnn4)cc3)c3ccc(OC)cc3)CCCCC2)cc1. The Bertz CT molecular complexity index is 1400. The maximum atomic E-state index is 14.3. The Morgan fingerprint density at radius 2 is 1.46 bits per heavy atom. The van der Waals surface area contributed by atoms with Crippen molar-refractivity contribution in [1.29, 1.82) is 0 Å². The predicted molar refractivity (Wildman–Crippen MR) is 146 cm³/mol. The number of carbonyl (C=O) groups is 2. The van der Waals surface area contributed by atoms with Crippen LogP contribution in [0.5, 0.6) is 11.5 Å². The van der Waals surface area contributed by atoms with E-state index in [0.717, 1.165) is 24.9 Å². The summed E-state index contributed by atoms with van der Waals surface area (Å²) < 4.78 is 12.1. The van der Waals surface area contributed by atoms with E-state index in [0.29, 0.717) is 41.3 Å². The van der Waals surface area contributed by atoms with Crippen LogP contribution in [0.4, 0.5) is 11.4 Å². The first kappa shape index (κ1) is 25.9. The largest absolute Gasteiger partial charge is 0.497 e. The van der Waals surface area contributed by atoms with Crippen LogP contribution in [0.25, 0.3) is 5.69 Å². The van der Waals surface area contributed by atoms with Gasteiger partial charge in [-0.3, -0.25) is 14.5 Å². The number of hydrogen-bond donors (Lipinski definition) is 1. The van der Waals surface area contributed by atoms with Crippen LogP contribution in [0.15, 0.2) is 79.1 Å². The van der Waals surface area contributed by atoms with Crippen LogP contribution in [0.2, 0.25) is 0 Å². The monoisotopic (exact) mass is 526 g/mol. The molecule has 1 fully saturated rings. The number of aromatic nitrogens is 4. The number of hydrogen-bond acceptors (Lipinski definition) is 7. The van der Waals surface area contributed by atoms with Crippen molar-refractivity contribution in [2.45, 2.75) is 37.6 Å². The average molecular weight is 527 g/mol. The topological polar surface area (TPSA) is 111 Å². The Labute approximate surface area is 226 Å². The van der Waals surface area contributed by atoms with Gasteiger partial charge in [0.2, 0.25) is 0 Å². The molecule has 0 radical (unpaired) electrons. The highest BCUT2D eigenvalue weighted by Crippen LogP contribution is 2.40. The Balaban J connectivity index is 1.55. The highest BCUT2D eigenvalue weighted by atomic mass is 16.5. The van der Waals surface area contributed by atoms with Crippen molar-refractivity contribution < 1.29 is 19.1 Å². The molecule has 1 N–H and O–H groups in total. The molecule has 4 aromatic rings. The minimum atomic E-state index is -1.08. The predicted octanol–water partition coefficient (Wildman–Crippen LogP) is 4.67. The molecule has 1 saturated carbocycles. The first-order chi connectivity index (χ1) is 19.0. The molecule has 0 saturated heterocycles. The van der Waals surface area contributed by atoms with Crippen LogP contribution in [-0.2, 0) is 4.79 Å². The van der Waals surface area contributed by atoms with E-state index in [1.165, 1.54) is 11.0 Å². The van der Waals surface area contributed by atoms with Gasteiger partial charge in [0.1, 0.15) is 23.4 Å². The molecule has 3 aromatic carbocycles. The fourth-order valence-corrected chi connectivity index (χ4v) is 5.07. The Morgan fingerprint density at radius 1 is 0.846 bits per heavy atom. The fourth-order valence-electron chi connectivity index (χ4n) is 5.07. The number of anilines is 2. The molecule has 0 aliphatic heterocycles. The van der Waals surface area contributed by atoms with Crippen LogP contribution >= 0.6 is 0 Å². The zero-order chi connectivity index (χ0) is 27.2. The van der Waals surface area contributed by atoms with Crippen molar-refractivity contribution in [2.75, 3.05) is 24.4 Å². The molecule has 1 heterocycles. The summed E-state index contributed by atoms with van der Waals surface area (Å²) in [5.41, 5.74) is 1.34. The molecular formula is C29H30N6O4. The molecule has 0 bridgehead atoms. The molecule has 10 nitrogen and oxygen atoms in total. The quantitative estimate of drug-likeness (QED) is 0.355. The van der Waals surface area contributed by atoms with Crippen molar-refractivity contribution in [3.63, 3.8) is 0 Å². The van der Waals surface area contributed by atoms with Gasteiger partial charge in [0.15, 0.2) is 0 Å². The first-order valence-corrected chi connectivity index (χ1v) is 12.8. The standard InChI is InChI=1S/C29H30N6O4/c1-38-25-14-8-22(9-15-25)31-28(37)29(18-4-3-5-19-29)35(24-12-16-26(39-2)17-13-24)27(36)21-6-10-23(11-7-21)34-20-30-32-33-34/h6-17,20H,3-5,18-19H2,1-2H3,(H,31,37). The number of ether oxygens (including phenoxy) is 2. The molecule has 200 valence electrons. The van der Waals surface area contributed by atoms with Crippen LogP contribution in [0.1, 0.15) is 42.5 Å². The lowest BCUT2D eigenvalue weighted by molar-refractivity contribution is -0.122. The molecule has 5 rings (SSSR count). The van der Waals surface area contributed by atoms with Crippen molar-refractivity contribution in [2.24, 2.45) is 0 Å². The Hall–Kier alpha value is -4.73. The summed E-state index contributed by atoms with van der Waals surface area (Å²) in [6, 6.07) is 21.4. The average Bonchev–Trinajstić information content (AvgIpc) is 3.54. The first-order valence-electron chi connectivity index (χ1n) is 12.8. The molecule has 1 aliphatic carbocycles. The highest BCUT2D eigenvalue weighted by molar-refractivity contribution is 6.13. The zero-order valence-electron chi connectivity index (χ0n) is 21.9. The van der Waals surface area contributed by atoms with Gasteiger partial charge in [0.25, 0.3) is 11.8 Å². The van der Waals surface area contributed by atoms with E-state index in [1.807, 2.05) is 12.1 Å². The number of nitrogens with one attached hydrogen (secondary N) is 1.